The van der Waals surface area contributed by atoms with E-state index >= 15 is 0 Å². The Morgan fingerprint density at radius 3 is 2.57 bits per heavy atom. The van der Waals surface area contributed by atoms with Gasteiger partial charge in [0.1, 0.15) is 5.82 Å². The first-order valence-electron chi connectivity index (χ1n) is 10.9. The van der Waals surface area contributed by atoms with Crippen molar-refractivity contribution >= 4 is 44.8 Å². The predicted octanol–water partition coefficient (Wildman–Crippen LogP) is 4.35. The van der Waals surface area contributed by atoms with Crippen molar-refractivity contribution < 1.29 is 17.6 Å². The lowest BCUT2D eigenvalue weighted by molar-refractivity contribution is 0.102. The molecule has 1 fully saturated rings. The quantitative estimate of drug-likeness (QED) is 0.537. The van der Waals surface area contributed by atoms with Crippen molar-refractivity contribution in [2.75, 3.05) is 18.4 Å². The summed E-state index contributed by atoms with van der Waals surface area (Å²) in [6, 6.07) is 12.6. The molecule has 3 heterocycles. The van der Waals surface area contributed by atoms with Crippen LogP contribution in [-0.4, -0.2) is 36.3 Å². The molecule has 1 N–H and O–H groups in total. The van der Waals surface area contributed by atoms with E-state index in [1.807, 2.05) is 6.07 Å². The summed E-state index contributed by atoms with van der Waals surface area (Å²) < 4.78 is 44.6. The zero-order valence-corrected chi connectivity index (χ0v) is 20.6. The van der Waals surface area contributed by atoms with Gasteiger partial charge >= 0.3 is 0 Å². The summed E-state index contributed by atoms with van der Waals surface area (Å²) in [5, 5.41) is 3.01. The third kappa shape index (κ3) is 4.49. The molecule has 2 atom stereocenters. The summed E-state index contributed by atoms with van der Waals surface area (Å²) >= 11 is 11.8. The number of carbonyl (C=O) groups is 1. The van der Waals surface area contributed by atoms with Gasteiger partial charge in [-0.2, -0.15) is 4.31 Å². The van der Waals surface area contributed by atoms with E-state index in [-0.39, 0.29) is 46.1 Å². The molecule has 0 spiro atoms. The summed E-state index contributed by atoms with van der Waals surface area (Å²) in [4.78, 5) is 24.8. The number of nitrogens with zero attached hydrogens (tertiary/aromatic N) is 2. The van der Waals surface area contributed by atoms with Gasteiger partial charge in [0.15, 0.2) is 0 Å². The Kier molecular flexibility index (Phi) is 6.21. The van der Waals surface area contributed by atoms with Crippen molar-refractivity contribution in [3.05, 3.63) is 92.1 Å². The number of hydrogen-bond acceptors (Lipinski definition) is 4. The van der Waals surface area contributed by atoms with Crippen molar-refractivity contribution in [2.24, 2.45) is 5.92 Å². The van der Waals surface area contributed by atoms with Gasteiger partial charge in [0.25, 0.3) is 11.5 Å². The number of pyridine rings is 1. The van der Waals surface area contributed by atoms with Gasteiger partial charge in [-0.05, 0) is 54.8 Å². The van der Waals surface area contributed by atoms with Crippen LogP contribution < -0.4 is 10.9 Å². The zero-order chi connectivity index (χ0) is 24.9. The van der Waals surface area contributed by atoms with Crippen LogP contribution in [0, 0.1) is 11.7 Å². The van der Waals surface area contributed by atoms with Gasteiger partial charge in [-0.25, -0.2) is 12.8 Å². The first-order valence-corrected chi connectivity index (χ1v) is 13.1. The number of piperidine rings is 1. The summed E-state index contributed by atoms with van der Waals surface area (Å²) in [6.45, 7) is 0.879. The molecule has 3 aromatic rings. The van der Waals surface area contributed by atoms with E-state index in [2.05, 4.69) is 5.32 Å². The zero-order valence-electron chi connectivity index (χ0n) is 18.2. The number of aromatic nitrogens is 1. The molecule has 5 rings (SSSR count). The summed E-state index contributed by atoms with van der Waals surface area (Å²) in [5.74, 6) is -1.81. The fourth-order valence-corrected chi connectivity index (χ4v) is 6.70. The van der Waals surface area contributed by atoms with Crippen LogP contribution in [0.1, 0.15) is 28.4 Å². The molecule has 0 unspecified atom stereocenters. The summed E-state index contributed by atoms with van der Waals surface area (Å²) in [5.41, 5.74) is 0.597. The number of rotatable bonds is 4. The molecule has 182 valence electrons. The maximum atomic E-state index is 14.5. The molecule has 2 aliphatic heterocycles. The molecule has 7 nitrogen and oxygen atoms in total. The number of hydrogen-bond donors (Lipinski definition) is 1. The Morgan fingerprint density at radius 1 is 1.00 bits per heavy atom. The van der Waals surface area contributed by atoms with Crippen molar-refractivity contribution in [2.45, 2.75) is 23.8 Å². The van der Waals surface area contributed by atoms with E-state index in [9.17, 15) is 22.4 Å². The van der Waals surface area contributed by atoms with Gasteiger partial charge in [0.2, 0.25) is 10.0 Å². The molecule has 1 aromatic heterocycles. The Bertz CT molecular complexity index is 1510. The molecule has 1 amide bonds. The van der Waals surface area contributed by atoms with E-state index in [1.165, 1.54) is 28.6 Å². The Balaban J connectivity index is 1.42. The van der Waals surface area contributed by atoms with Crippen LogP contribution in [0.25, 0.3) is 0 Å². The monoisotopic (exact) mass is 535 g/mol. The molecule has 0 saturated carbocycles. The number of halogens is 3. The first kappa shape index (κ1) is 24.0. The minimum atomic E-state index is -4.01. The fraction of sp³-hybridized carbons (Fsp3) is 0.250. The Labute approximate surface area is 211 Å². The highest BCUT2D eigenvalue weighted by Crippen LogP contribution is 2.37. The molecule has 1 saturated heterocycles. The molecule has 2 bridgehead atoms. The highest BCUT2D eigenvalue weighted by molar-refractivity contribution is 7.89. The average Bonchev–Trinajstić information content (AvgIpc) is 2.82. The van der Waals surface area contributed by atoms with Gasteiger partial charge in [-0.1, -0.05) is 29.3 Å². The molecule has 35 heavy (non-hydrogen) atoms. The van der Waals surface area contributed by atoms with Crippen molar-refractivity contribution in [3.63, 3.8) is 0 Å². The van der Waals surface area contributed by atoms with Crippen LogP contribution in [0.15, 0.2) is 64.3 Å². The standard InChI is InChI=1S/C24H20Cl2FN3O4S/c25-19-6-4-16(9-20(19)26)28-24(32)18-10-17(5-7-21(18)27)35(33,34)29-11-14-8-15(13-29)22-2-1-3-23(31)30(22)12-14/h1-7,9-10,14-15H,8,11-13H2,(H,28,32)/t14-,15+/m1/s1. The third-order valence-corrected chi connectivity index (χ3v) is 9.01. The van der Waals surface area contributed by atoms with Crippen LogP contribution in [0.5, 0.6) is 0 Å². The lowest BCUT2D eigenvalue weighted by Gasteiger charge is -2.42. The average molecular weight is 536 g/mol. The number of benzene rings is 2. The second kappa shape index (κ2) is 9.05. The molecular weight excluding hydrogens is 516 g/mol. The van der Waals surface area contributed by atoms with Gasteiger partial charge in [0.05, 0.1) is 20.5 Å². The molecule has 0 aliphatic carbocycles. The lowest BCUT2D eigenvalue weighted by atomic mass is 9.84. The highest BCUT2D eigenvalue weighted by atomic mass is 35.5. The van der Waals surface area contributed by atoms with E-state index in [4.69, 9.17) is 23.2 Å². The van der Waals surface area contributed by atoms with Crippen LogP contribution in [0.4, 0.5) is 10.1 Å². The molecule has 2 aliphatic rings. The lowest BCUT2D eigenvalue weighted by Crippen LogP contribution is -2.49. The Morgan fingerprint density at radius 2 is 1.80 bits per heavy atom. The molecular formula is C24H20Cl2FN3O4S. The minimum Gasteiger partial charge on any atom is -0.322 e. The number of carbonyl (C=O) groups excluding carboxylic acids is 1. The van der Waals surface area contributed by atoms with E-state index in [1.54, 1.807) is 10.6 Å². The van der Waals surface area contributed by atoms with Gasteiger partial charge < -0.3 is 9.88 Å². The maximum absolute atomic E-state index is 14.5. The van der Waals surface area contributed by atoms with Crippen LogP contribution in [-0.2, 0) is 16.6 Å². The van der Waals surface area contributed by atoms with Crippen LogP contribution in [0.2, 0.25) is 10.0 Å². The van der Waals surface area contributed by atoms with Crippen LogP contribution in [0.3, 0.4) is 0 Å². The number of sulfonamides is 1. The van der Waals surface area contributed by atoms with Crippen molar-refractivity contribution in [3.8, 4) is 0 Å². The highest BCUT2D eigenvalue weighted by Gasteiger charge is 2.39. The van der Waals surface area contributed by atoms with Gasteiger partial charge in [0, 0.05) is 43.0 Å². The molecule has 2 aromatic carbocycles. The number of anilines is 1. The Hall–Kier alpha value is -2.72. The number of fused-ring (bicyclic) bond motifs is 4. The maximum Gasteiger partial charge on any atom is 0.258 e. The largest absolute Gasteiger partial charge is 0.322 e. The van der Waals surface area contributed by atoms with Crippen molar-refractivity contribution in [1.29, 1.82) is 0 Å². The van der Waals surface area contributed by atoms with Gasteiger partial charge in [-0.3, -0.25) is 9.59 Å². The third-order valence-electron chi connectivity index (χ3n) is 6.44. The fourth-order valence-electron chi connectivity index (χ4n) is 4.81. The number of nitrogens with one attached hydrogen (secondary N) is 1. The molecule has 0 radical (unpaired) electrons. The van der Waals surface area contributed by atoms with Crippen molar-refractivity contribution in [1.82, 2.24) is 8.87 Å². The van der Waals surface area contributed by atoms with E-state index in [0.717, 1.165) is 30.3 Å². The minimum absolute atomic E-state index is 0.0194. The number of amides is 1. The van der Waals surface area contributed by atoms with Gasteiger partial charge in [-0.15, -0.1) is 0 Å². The summed E-state index contributed by atoms with van der Waals surface area (Å²) in [6.07, 6.45) is 0.788. The smallest absolute Gasteiger partial charge is 0.258 e. The second-order valence-electron chi connectivity index (χ2n) is 8.74. The molecule has 11 heteroatoms. The van der Waals surface area contributed by atoms with E-state index in [0.29, 0.717) is 11.6 Å². The van der Waals surface area contributed by atoms with Crippen LogP contribution >= 0.6 is 23.2 Å². The normalized spacial score (nSPS) is 19.7. The first-order chi connectivity index (χ1) is 16.6. The van der Waals surface area contributed by atoms with E-state index < -0.39 is 27.3 Å². The second-order valence-corrected chi connectivity index (χ2v) is 11.5. The summed E-state index contributed by atoms with van der Waals surface area (Å²) in [7, 11) is -4.01. The SMILES string of the molecule is O=C(Nc1ccc(Cl)c(Cl)c1)c1cc(S(=O)(=O)N2C[C@H]3C[C@@H](C2)c2cccc(=O)n2C3)ccc1F. The topological polar surface area (TPSA) is 88.5 Å². The predicted molar refractivity (Wildman–Crippen MR) is 131 cm³/mol.